The van der Waals surface area contributed by atoms with Crippen molar-refractivity contribution in [1.82, 2.24) is 0 Å². The Labute approximate surface area is 149 Å². The summed E-state index contributed by atoms with van der Waals surface area (Å²) < 4.78 is 22.6. The highest BCUT2D eigenvalue weighted by molar-refractivity contribution is 6.81. The fourth-order valence-electron chi connectivity index (χ4n) is 1.81. The second kappa shape index (κ2) is 9.66. The van der Waals surface area contributed by atoms with Gasteiger partial charge in [-0.25, -0.2) is 4.79 Å². The number of hydrogen-bond acceptors (Lipinski definition) is 6. The number of hydrogen-bond donors (Lipinski definition) is 0. The van der Waals surface area contributed by atoms with Gasteiger partial charge < -0.3 is 17.7 Å². The van der Waals surface area contributed by atoms with Gasteiger partial charge in [0.1, 0.15) is 5.73 Å². The van der Waals surface area contributed by atoms with E-state index in [0.29, 0.717) is 6.42 Å². The molecule has 0 heterocycles. The molecule has 0 aliphatic rings. The van der Waals surface area contributed by atoms with Crippen LogP contribution in [0.1, 0.15) is 19.8 Å². The molecule has 0 N–H and O–H groups in total. The Kier molecular flexibility index (Phi) is 9.36. The number of ether oxygens (including phenoxy) is 2. The Morgan fingerprint density at radius 1 is 1.04 bits per heavy atom. The number of carbonyl (C=O) groups is 2. The number of rotatable bonds is 10. The normalized spacial score (nSPS) is 13.5. The lowest BCUT2D eigenvalue weighted by Gasteiger charge is -2.34. The van der Waals surface area contributed by atoms with Gasteiger partial charge in [0, 0.05) is 5.57 Å². The smallest absolute Gasteiger partial charge is 0.343 e. The van der Waals surface area contributed by atoms with Gasteiger partial charge in [0.15, 0.2) is 16.6 Å². The molecule has 1 atom stereocenters. The number of methoxy groups -OCH3 is 1. The Hall–Kier alpha value is -0.749. The van der Waals surface area contributed by atoms with Gasteiger partial charge in [-0.1, -0.05) is 13.5 Å². The topological polar surface area (TPSA) is 71.1 Å². The third-order valence-corrected chi connectivity index (χ3v) is 11.5. The molecule has 0 aromatic rings. The quantitative estimate of drug-likeness (QED) is 0.323. The molecule has 0 aromatic carbocycles. The number of esters is 2. The Balaban J connectivity index is 5.03. The standard InChI is InChI=1S/C15H32O6Si3/c1-10-14(19-13(16)11-12(2)15(17)18-3)22(20-23(4,5)6)21-24(7,8)9/h14,22H,2,10-11H2,1,3-9H3. The highest BCUT2D eigenvalue weighted by Gasteiger charge is 2.36. The first kappa shape index (κ1) is 23.3. The zero-order valence-electron chi connectivity index (χ0n) is 16.2. The van der Waals surface area contributed by atoms with E-state index in [2.05, 4.69) is 50.6 Å². The van der Waals surface area contributed by atoms with Gasteiger partial charge in [0.2, 0.25) is 0 Å². The van der Waals surface area contributed by atoms with Crippen LogP contribution in [0.4, 0.5) is 0 Å². The summed E-state index contributed by atoms with van der Waals surface area (Å²) in [6.07, 6.45) is 0.423. The second-order valence-corrected chi connectivity index (χ2v) is 19.4. The molecule has 6 nitrogen and oxygen atoms in total. The number of carbonyl (C=O) groups excluding carboxylic acids is 2. The Morgan fingerprint density at radius 3 is 1.83 bits per heavy atom. The summed E-state index contributed by atoms with van der Waals surface area (Å²) in [5.41, 5.74) is -0.311. The molecule has 0 fully saturated rings. The largest absolute Gasteiger partial charge is 0.466 e. The van der Waals surface area contributed by atoms with Crippen LogP contribution in [0.5, 0.6) is 0 Å². The van der Waals surface area contributed by atoms with E-state index in [4.69, 9.17) is 13.0 Å². The zero-order valence-corrected chi connectivity index (χ0v) is 19.4. The van der Waals surface area contributed by atoms with E-state index in [9.17, 15) is 9.59 Å². The van der Waals surface area contributed by atoms with Gasteiger partial charge in [0.25, 0.3) is 0 Å². The van der Waals surface area contributed by atoms with Crippen molar-refractivity contribution in [2.45, 2.75) is 64.8 Å². The van der Waals surface area contributed by atoms with Crippen molar-refractivity contribution < 1.29 is 27.3 Å². The molecule has 0 aliphatic carbocycles. The van der Waals surface area contributed by atoms with Crippen LogP contribution in [0.25, 0.3) is 0 Å². The first-order chi connectivity index (χ1) is 10.8. The summed E-state index contributed by atoms with van der Waals surface area (Å²) in [4.78, 5) is 23.5. The van der Waals surface area contributed by atoms with Crippen molar-refractivity contribution in [1.29, 1.82) is 0 Å². The monoisotopic (exact) mass is 392 g/mol. The molecule has 0 aromatic heterocycles. The molecule has 140 valence electrons. The lowest BCUT2D eigenvalue weighted by atomic mass is 10.2. The molecule has 0 rings (SSSR count). The predicted molar refractivity (Wildman–Crippen MR) is 102 cm³/mol. The van der Waals surface area contributed by atoms with E-state index in [1.165, 1.54) is 7.11 Å². The van der Waals surface area contributed by atoms with Crippen LogP contribution in [-0.2, 0) is 27.3 Å². The van der Waals surface area contributed by atoms with Gasteiger partial charge in [-0.05, 0) is 45.7 Å². The maximum absolute atomic E-state index is 12.1. The Morgan fingerprint density at radius 2 is 1.50 bits per heavy atom. The molecule has 0 radical (unpaired) electrons. The minimum atomic E-state index is -2.20. The van der Waals surface area contributed by atoms with Crippen LogP contribution in [0.15, 0.2) is 12.2 Å². The summed E-state index contributed by atoms with van der Waals surface area (Å²) in [6.45, 7) is 18.0. The van der Waals surface area contributed by atoms with Crippen molar-refractivity contribution >= 4 is 37.9 Å². The van der Waals surface area contributed by atoms with Crippen LogP contribution in [-0.4, -0.2) is 50.7 Å². The fourth-order valence-corrected chi connectivity index (χ4v) is 9.87. The van der Waals surface area contributed by atoms with E-state index in [1.54, 1.807) is 0 Å². The van der Waals surface area contributed by atoms with Crippen molar-refractivity contribution in [3.63, 3.8) is 0 Å². The molecule has 0 bridgehead atoms. The molecule has 0 saturated heterocycles. The van der Waals surface area contributed by atoms with Crippen LogP contribution in [0.3, 0.4) is 0 Å². The van der Waals surface area contributed by atoms with Gasteiger partial charge >= 0.3 is 21.2 Å². The minimum absolute atomic E-state index is 0.0767. The molecule has 1 unspecified atom stereocenters. The molecular formula is C15H32O6Si3. The molecule has 9 heteroatoms. The van der Waals surface area contributed by atoms with E-state index in [1.807, 2.05) is 6.92 Å². The van der Waals surface area contributed by atoms with E-state index < -0.39 is 37.9 Å². The SMILES string of the molecule is C=C(CC(=O)OC(CC)[SiH](O[Si](C)(C)C)O[Si](C)(C)C)C(=O)OC. The van der Waals surface area contributed by atoms with Gasteiger partial charge in [-0.2, -0.15) is 0 Å². The molecule has 24 heavy (non-hydrogen) atoms. The summed E-state index contributed by atoms with van der Waals surface area (Å²) in [5, 5.41) is 0. The van der Waals surface area contributed by atoms with Crippen molar-refractivity contribution in [3.05, 3.63) is 12.2 Å². The summed E-state index contributed by atoms with van der Waals surface area (Å²) >= 11 is 0. The third-order valence-electron chi connectivity index (χ3n) is 2.76. The van der Waals surface area contributed by atoms with Crippen LogP contribution in [0.2, 0.25) is 39.3 Å². The second-order valence-electron chi connectivity index (χ2n) is 7.54. The highest BCUT2D eigenvalue weighted by atomic mass is 28.4. The summed E-state index contributed by atoms with van der Waals surface area (Å²) in [5.74, 6) is -1.11. The maximum Gasteiger partial charge on any atom is 0.343 e. The molecule has 0 amide bonds. The minimum Gasteiger partial charge on any atom is -0.466 e. The van der Waals surface area contributed by atoms with Gasteiger partial charge in [-0.3, -0.25) is 4.79 Å². The van der Waals surface area contributed by atoms with Crippen LogP contribution in [0, 0.1) is 0 Å². The molecule has 0 aliphatic heterocycles. The van der Waals surface area contributed by atoms with Gasteiger partial charge in [0.05, 0.1) is 13.5 Å². The van der Waals surface area contributed by atoms with E-state index in [-0.39, 0.29) is 17.7 Å². The first-order valence-corrected chi connectivity index (χ1v) is 16.5. The first-order valence-electron chi connectivity index (χ1n) is 8.10. The molecule has 0 saturated carbocycles. The third kappa shape index (κ3) is 10.2. The average molecular weight is 393 g/mol. The van der Waals surface area contributed by atoms with Crippen LogP contribution < -0.4 is 0 Å². The van der Waals surface area contributed by atoms with Crippen molar-refractivity contribution in [2.24, 2.45) is 0 Å². The van der Waals surface area contributed by atoms with Crippen LogP contribution >= 0.6 is 0 Å². The van der Waals surface area contributed by atoms with Crippen molar-refractivity contribution in [2.75, 3.05) is 7.11 Å². The summed E-state index contributed by atoms with van der Waals surface area (Å²) in [7, 11) is -4.61. The average Bonchev–Trinajstić information content (AvgIpc) is 2.39. The lowest BCUT2D eigenvalue weighted by molar-refractivity contribution is -0.147. The highest BCUT2D eigenvalue weighted by Crippen LogP contribution is 2.18. The predicted octanol–water partition coefficient (Wildman–Crippen LogP) is 2.89. The van der Waals surface area contributed by atoms with E-state index in [0.717, 1.165) is 0 Å². The summed E-state index contributed by atoms with van der Waals surface area (Å²) in [6, 6.07) is 0. The van der Waals surface area contributed by atoms with Gasteiger partial charge in [-0.15, -0.1) is 0 Å². The zero-order chi connectivity index (χ0) is 19.1. The lowest BCUT2D eigenvalue weighted by Crippen LogP contribution is -2.51. The van der Waals surface area contributed by atoms with Crippen molar-refractivity contribution in [3.8, 4) is 0 Å². The fraction of sp³-hybridized carbons (Fsp3) is 0.733. The molecular weight excluding hydrogens is 360 g/mol. The van der Waals surface area contributed by atoms with E-state index >= 15 is 0 Å². The molecule has 0 spiro atoms. The Bertz CT molecular complexity index is 437. The maximum atomic E-state index is 12.1.